The number of rotatable bonds is 4. The molecule has 1 aromatic rings. The maximum atomic E-state index is 12.7. The quantitative estimate of drug-likeness (QED) is 0.781. The molecule has 1 N–H and O–H groups in total. The molecule has 2 heteroatoms. The van der Waals surface area contributed by atoms with Gasteiger partial charge >= 0.3 is 0 Å². The Kier molecular flexibility index (Phi) is 4.99. The molecule has 1 nitrogen and oxygen atoms in total. The zero-order chi connectivity index (χ0) is 11.9. The molecule has 0 aromatic heterocycles. The highest BCUT2D eigenvalue weighted by Crippen LogP contribution is 2.22. The van der Waals surface area contributed by atoms with Gasteiger partial charge in [0, 0.05) is 6.54 Å². The van der Waals surface area contributed by atoms with Gasteiger partial charge in [-0.15, -0.1) is 0 Å². The van der Waals surface area contributed by atoms with Gasteiger partial charge in [-0.25, -0.2) is 4.39 Å². The van der Waals surface area contributed by atoms with Crippen LogP contribution < -0.4 is 5.32 Å². The molecule has 1 aliphatic rings. The lowest BCUT2D eigenvalue weighted by atomic mass is 10.0. The van der Waals surface area contributed by atoms with Crippen LogP contribution in [0.3, 0.4) is 0 Å². The van der Waals surface area contributed by atoms with Crippen molar-refractivity contribution >= 4 is 0 Å². The summed E-state index contributed by atoms with van der Waals surface area (Å²) in [5.74, 6) is 0.690. The van der Waals surface area contributed by atoms with Crippen LogP contribution in [-0.2, 0) is 6.54 Å². The van der Waals surface area contributed by atoms with Crippen LogP contribution >= 0.6 is 0 Å². The zero-order valence-electron chi connectivity index (χ0n) is 10.4. The van der Waals surface area contributed by atoms with Crippen LogP contribution in [0.25, 0.3) is 0 Å². The first kappa shape index (κ1) is 12.6. The van der Waals surface area contributed by atoms with Crippen LogP contribution in [-0.4, -0.2) is 6.54 Å². The van der Waals surface area contributed by atoms with Crippen molar-refractivity contribution < 1.29 is 4.39 Å². The monoisotopic (exact) mass is 235 g/mol. The fourth-order valence-electron chi connectivity index (χ4n) is 2.59. The van der Waals surface area contributed by atoms with E-state index in [0.29, 0.717) is 0 Å². The van der Waals surface area contributed by atoms with Crippen molar-refractivity contribution in [1.82, 2.24) is 5.32 Å². The van der Waals surface area contributed by atoms with Crippen LogP contribution in [0.5, 0.6) is 0 Å². The molecule has 0 radical (unpaired) electrons. The van der Waals surface area contributed by atoms with Gasteiger partial charge in [0.15, 0.2) is 0 Å². The SMILES string of the molecule is Fc1ccc(CNCC2CCCCCC2)cc1. The minimum Gasteiger partial charge on any atom is -0.312 e. The van der Waals surface area contributed by atoms with Crippen molar-refractivity contribution in [3.63, 3.8) is 0 Å². The van der Waals surface area contributed by atoms with E-state index < -0.39 is 0 Å². The van der Waals surface area contributed by atoms with Crippen molar-refractivity contribution in [3.05, 3.63) is 35.6 Å². The highest BCUT2D eigenvalue weighted by atomic mass is 19.1. The standard InChI is InChI=1S/C15H22FN/c16-15-9-7-14(8-10-15)12-17-11-13-5-3-1-2-4-6-13/h7-10,13,17H,1-6,11-12H2. The lowest BCUT2D eigenvalue weighted by Crippen LogP contribution is -2.22. The average molecular weight is 235 g/mol. The minimum atomic E-state index is -0.155. The predicted octanol–water partition coefficient (Wildman–Crippen LogP) is 3.89. The number of benzene rings is 1. The van der Waals surface area contributed by atoms with E-state index in [9.17, 15) is 4.39 Å². The molecule has 0 atom stereocenters. The number of halogens is 1. The van der Waals surface area contributed by atoms with E-state index in [0.717, 1.165) is 19.0 Å². The average Bonchev–Trinajstić information content (AvgIpc) is 2.60. The maximum absolute atomic E-state index is 12.7. The van der Waals surface area contributed by atoms with Gasteiger partial charge in [-0.3, -0.25) is 0 Å². The van der Waals surface area contributed by atoms with Gasteiger partial charge in [0.2, 0.25) is 0 Å². The number of nitrogens with one attached hydrogen (secondary N) is 1. The molecule has 0 saturated heterocycles. The van der Waals surface area contributed by atoms with Crippen molar-refractivity contribution in [2.45, 2.75) is 45.1 Å². The van der Waals surface area contributed by atoms with Crippen LogP contribution in [0.15, 0.2) is 24.3 Å². The summed E-state index contributed by atoms with van der Waals surface area (Å²) < 4.78 is 12.7. The molecule has 0 amide bonds. The normalized spacial score (nSPS) is 17.9. The first-order valence-electron chi connectivity index (χ1n) is 6.80. The molecule has 1 fully saturated rings. The van der Waals surface area contributed by atoms with Gasteiger partial charge in [0.1, 0.15) is 5.82 Å². The topological polar surface area (TPSA) is 12.0 Å². The van der Waals surface area contributed by atoms with Gasteiger partial charge in [-0.1, -0.05) is 37.8 Å². The molecule has 2 rings (SSSR count). The largest absolute Gasteiger partial charge is 0.312 e. The van der Waals surface area contributed by atoms with Gasteiger partial charge in [-0.05, 0) is 43.0 Å². The van der Waals surface area contributed by atoms with Crippen molar-refractivity contribution in [2.24, 2.45) is 5.92 Å². The van der Waals surface area contributed by atoms with E-state index in [1.54, 1.807) is 0 Å². The van der Waals surface area contributed by atoms with E-state index in [1.807, 2.05) is 12.1 Å². The molecule has 0 bridgehead atoms. The Labute approximate surface area is 103 Å². The lowest BCUT2D eigenvalue weighted by molar-refractivity contribution is 0.425. The van der Waals surface area contributed by atoms with E-state index in [2.05, 4.69) is 5.32 Å². The van der Waals surface area contributed by atoms with Gasteiger partial charge in [-0.2, -0.15) is 0 Å². The summed E-state index contributed by atoms with van der Waals surface area (Å²) in [7, 11) is 0. The first-order valence-corrected chi connectivity index (χ1v) is 6.80. The molecule has 0 heterocycles. The third kappa shape index (κ3) is 4.47. The second-order valence-electron chi connectivity index (χ2n) is 5.11. The van der Waals surface area contributed by atoms with Crippen molar-refractivity contribution in [2.75, 3.05) is 6.54 Å². The van der Waals surface area contributed by atoms with E-state index >= 15 is 0 Å². The van der Waals surface area contributed by atoms with Crippen molar-refractivity contribution in [1.29, 1.82) is 0 Å². The van der Waals surface area contributed by atoms with Crippen LogP contribution in [0.1, 0.15) is 44.1 Å². The summed E-state index contributed by atoms with van der Waals surface area (Å²) in [4.78, 5) is 0. The number of hydrogen-bond donors (Lipinski definition) is 1. The molecule has 0 aliphatic heterocycles. The second kappa shape index (κ2) is 6.75. The Morgan fingerprint density at radius 2 is 1.65 bits per heavy atom. The lowest BCUT2D eigenvalue weighted by Gasteiger charge is -2.14. The Hall–Kier alpha value is -0.890. The molecular weight excluding hydrogens is 213 g/mol. The third-order valence-electron chi connectivity index (χ3n) is 3.65. The van der Waals surface area contributed by atoms with Crippen LogP contribution in [0, 0.1) is 11.7 Å². The fourth-order valence-corrected chi connectivity index (χ4v) is 2.59. The molecule has 1 aliphatic carbocycles. The van der Waals surface area contributed by atoms with Crippen LogP contribution in [0.2, 0.25) is 0 Å². The maximum Gasteiger partial charge on any atom is 0.123 e. The molecule has 1 aromatic carbocycles. The molecule has 94 valence electrons. The highest BCUT2D eigenvalue weighted by Gasteiger charge is 2.11. The van der Waals surface area contributed by atoms with Gasteiger partial charge in [0.05, 0.1) is 0 Å². The summed E-state index contributed by atoms with van der Waals surface area (Å²) in [5.41, 5.74) is 1.17. The zero-order valence-corrected chi connectivity index (χ0v) is 10.4. The Bertz CT molecular complexity index is 312. The fraction of sp³-hybridized carbons (Fsp3) is 0.600. The van der Waals surface area contributed by atoms with Crippen molar-refractivity contribution in [3.8, 4) is 0 Å². The predicted molar refractivity (Wildman–Crippen MR) is 69.3 cm³/mol. The minimum absolute atomic E-state index is 0.155. The first-order chi connectivity index (χ1) is 8.34. The summed E-state index contributed by atoms with van der Waals surface area (Å²) in [6, 6.07) is 6.77. The summed E-state index contributed by atoms with van der Waals surface area (Å²) in [6.45, 7) is 1.97. The molecule has 0 unspecified atom stereocenters. The Morgan fingerprint density at radius 3 is 2.29 bits per heavy atom. The summed E-state index contributed by atoms with van der Waals surface area (Å²) in [5, 5.41) is 3.50. The summed E-state index contributed by atoms with van der Waals surface area (Å²) >= 11 is 0. The molecule has 17 heavy (non-hydrogen) atoms. The second-order valence-corrected chi connectivity index (χ2v) is 5.11. The molecular formula is C15H22FN. The Morgan fingerprint density at radius 1 is 1.00 bits per heavy atom. The van der Waals surface area contributed by atoms with E-state index in [4.69, 9.17) is 0 Å². The summed E-state index contributed by atoms with van der Waals surface area (Å²) in [6.07, 6.45) is 8.35. The number of hydrogen-bond acceptors (Lipinski definition) is 1. The smallest absolute Gasteiger partial charge is 0.123 e. The highest BCUT2D eigenvalue weighted by molar-refractivity contribution is 5.15. The van der Waals surface area contributed by atoms with Gasteiger partial charge < -0.3 is 5.32 Å². The van der Waals surface area contributed by atoms with Gasteiger partial charge in [0.25, 0.3) is 0 Å². The van der Waals surface area contributed by atoms with E-state index in [-0.39, 0.29) is 5.82 Å². The van der Waals surface area contributed by atoms with E-state index in [1.165, 1.54) is 56.2 Å². The molecule has 1 saturated carbocycles. The molecule has 0 spiro atoms. The Balaban J connectivity index is 1.69. The van der Waals surface area contributed by atoms with Crippen LogP contribution in [0.4, 0.5) is 4.39 Å². The third-order valence-corrected chi connectivity index (χ3v) is 3.65.